The molecule has 2 aliphatic carbocycles. The van der Waals surface area contributed by atoms with E-state index in [1.54, 1.807) is 0 Å². The molecule has 5 aromatic rings. The molecular formula is C46H40N2. The Morgan fingerprint density at radius 3 is 1.25 bits per heavy atom. The highest BCUT2D eigenvalue weighted by Gasteiger charge is 2.17. The number of hydrogen-bond donors (Lipinski definition) is 0. The van der Waals surface area contributed by atoms with E-state index in [-0.39, 0.29) is 0 Å². The van der Waals surface area contributed by atoms with Crippen LogP contribution in [0.2, 0.25) is 0 Å². The first-order valence-corrected chi connectivity index (χ1v) is 16.9. The molecule has 2 aliphatic rings. The van der Waals surface area contributed by atoms with Gasteiger partial charge in [0.1, 0.15) is 0 Å². The fourth-order valence-corrected chi connectivity index (χ4v) is 6.28. The average Bonchev–Trinajstić information content (AvgIpc) is 3.17. The number of nitrogens with zero attached hydrogens (tertiary/aromatic N) is 2. The van der Waals surface area contributed by atoms with E-state index in [0.717, 1.165) is 25.7 Å². The lowest BCUT2D eigenvalue weighted by Crippen LogP contribution is -2.17. The molecule has 2 nitrogen and oxygen atoms in total. The summed E-state index contributed by atoms with van der Waals surface area (Å²) in [4.78, 5) is 4.73. The Bertz CT molecular complexity index is 1940. The minimum atomic E-state index is 0.990. The summed E-state index contributed by atoms with van der Waals surface area (Å²) < 4.78 is 0. The smallest absolute Gasteiger partial charge is 0.0458 e. The number of rotatable bonds is 10. The molecule has 0 N–H and O–H groups in total. The van der Waals surface area contributed by atoms with E-state index >= 15 is 0 Å². The summed E-state index contributed by atoms with van der Waals surface area (Å²) in [6.07, 6.45) is 24.1. The molecule has 234 valence electrons. The van der Waals surface area contributed by atoms with Crippen LogP contribution in [-0.2, 0) is 0 Å². The van der Waals surface area contributed by atoms with Gasteiger partial charge in [-0.05, 0) is 109 Å². The van der Waals surface area contributed by atoms with Crippen molar-refractivity contribution in [2.45, 2.75) is 25.7 Å². The second-order valence-corrected chi connectivity index (χ2v) is 12.1. The maximum atomic E-state index is 2.37. The second-order valence-electron chi connectivity index (χ2n) is 12.1. The van der Waals surface area contributed by atoms with Crippen molar-refractivity contribution in [2.24, 2.45) is 0 Å². The SMILES string of the molecule is C1=CCCC(N(c2ccccc2)c2ccc(/C=C/c3ccc(/C=C/C4=CC=C(N(c5ccccc5)c5ccccc5)CC4)cc3)cc2)=C1. The molecule has 0 fully saturated rings. The zero-order chi connectivity index (χ0) is 32.4. The Labute approximate surface area is 285 Å². The summed E-state index contributed by atoms with van der Waals surface area (Å²) in [5.74, 6) is 0. The molecule has 0 unspecified atom stereocenters. The summed E-state index contributed by atoms with van der Waals surface area (Å²) in [6, 6.07) is 49.5. The second kappa shape index (κ2) is 15.2. The molecule has 0 aromatic heterocycles. The molecule has 0 aliphatic heterocycles. The van der Waals surface area contributed by atoms with Gasteiger partial charge in [0.15, 0.2) is 0 Å². The van der Waals surface area contributed by atoms with E-state index < -0.39 is 0 Å². The molecule has 0 radical (unpaired) electrons. The maximum absolute atomic E-state index is 2.37. The van der Waals surface area contributed by atoms with Gasteiger partial charge in [-0.15, -0.1) is 0 Å². The Morgan fingerprint density at radius 1 is 0.375 bits per heavy atom. The quantitative estimate of drug-likeness (QED) is 0.143. The van der Waals surface area contributed by atoms with Crippen LogP contribution >= 0.6 is 0 Å². The third-order valence-corrected chi connectivity index (χ3v) is 8.81. The van der Waals surface area contributed by atoms with E-state index in [9.17, 15) is 0 Å². The topological polar surface area (TPSA) is 6.48 Å². The number of allylic oxidation sites excluding steroid dienone is 9. The van der Waals surface area contributed by atoms with Crippen LogP contribution in [0.4, 0.5) is 22.7 Å². The maximum Gasteiger partial charge on any atom is 0.0458 e. The molecule has 0 saturated heterocycles. The molecule has 7 rings (SSSR count). The number of benzene rings is 5. The van der Waals surface area contributed by atoms with E-state index in [2.05, 4.69) is 204 Å². The van der Waals surface area contributed by atoms with Gasteiger partial charge < -0.3 is 9.80 Å². The summed E-state index contributed by atoms with van der Waals surface area (Å²) in [7, 11) is 0. The van der Waals surface area contributed by atoms with Crippen LogP contribution in [0.15, 0.2) is 193 Å². The number of anilines is 4. The molecular weight excluding hydrogens is 581 g/mol. The largest absolute Gasteiger partial charge is 0.314 e. The van der Waals surface area contributed by atoms with Crippen LogP contribution in [-0.4, -0.2) is 0 Å². The van der Waals surface area contributed by atoms with Crippen LogP contribution in [0.5, 0.6) is 0 Å². The molecule has 0 heterocycles. The predicted octanol–water partition coefficient (Wildman–Crippen LogP) is 12.7. The van der Waals surface area contributed by atoms with Crippen molar-refractivity contribution in [1.29, 1.82) is 0 Å². The van der Waals surface area contributed by atoms with E-state index in [1.807, 2.05) is 0 Å². The lowest BCUT2D eigenvalue weighted by atomic mass is 9.99. The molecule has 0 saturated carbocycles. The molecule has 5 aromatic carbocycles. The van der Waals surface area contributed by atoms with Gasteiger partial charge in [0.2, 0.25) is 0 Å². The predicted molar refractivity (Wildman–Crippen MR) is 206 cm³/mol. The van der Waals surface area contributed by atoms with Crippen molar-refractivity contribution in [1.82, 2.24) is 0 Å². The third kappa shape index (κ3) is 7.57. The van der Waals surface area contributed by atoms with Gasteiger partial charge in [-0.2, -0.15) is 0 Å². The van der Waals surface area contributed by atoms with Gasteiger partial charge in [-0.25, -0.2) is 0 Å². The van der Waals surface area contributed by atoms with Crippen molar-refractivity contribution in [3.8, 4) is 0 Å². The highest BCUT2D eigenvalue weighted by atomic mass is 15.2. The van der Waals surface area contributed by atoms with E-state index in [0.29, 0.717) is 0 Å². The Hall–Kier alpha value is -5.86. The van der Waals surface area contributed by atoms with Crippen molar-refractivity contribution in [3.05, 3.63) is 210 Å². The lowest BCUT2D eigenvalue weighted by molar-refractivity contribution is 0.892. The van der Waals surface area contributed by atoms with Crippen molar-refractivity contribution < 1.29 is 0 Å². The van der Waals surface area contributed by atoms with E-state index in [4.69, 9.17) is 0 Å². The molecule has 0 bridgehead atoms. The Balaban J connectivity index is 1.00. The summed E-state index contributed by atoms with van der Waals surface area (Å²) >= 11 is 0. The van der Waals surface area contributed by atoms with Crippen LogP contribution in [0.1, 0.15) is 42.4 Å². The summed E-state index contributed by atoms with van der Waals surface area (Å²) in [5.41, 5.74) is 12.3. The lowest BCUT2D eigenvalue weighted by Gasteiger charge is -2.29. The Kier molecular flexibility index (Phi) is 9.72. The fourth-order valence-electron chi connectivity index (χ4n) is 6.28. The summed E-state index contributed by atoms with van der Waals surface area (Å²) in [5, 5.41) is 0. The first-order valence-electron chi connectivity index (χ1n) is 16.9. The number of hydrogen-bond acceptors (Lipinski definition) is 2. The zero-order valence-corrected chi connectivity index (χ0v) is 27.2. The first kappa shape index (κ1) is 30.8. The molecule has 48 heavy (non-hydrogen) atoms. The molecule has 0 atom stereocenters. The van der Waals surface area contributed by atoms with Crippen molar-refractivity contribution in [2.75, 3.05) is 9.80 Å². The Morgan fingerprint density at radius 2 is 0.812 bits per heavy atom. The zero-order valence-electron chi connectivity index (χ0n) is 27.2. The minimum Gasteiger partial charge on any atom is -0.314 e. The van der Waals surface area contributed by atoms with Gasteiger partial charge in [-0.1, -0.05) is 134 Å². The monoisotopic (exact) mass is 620 g/mol. The average molecular weight is 621 g/mol. The molecule has 2 heteroatoms. The minimum absolute atomic E-state index is 0.990. The van der Waals surface area contributed by atoms with Gasteiger partial charge in [0.25, 0.3) is 0 Å². The normalized spacial score (nSPS) is 14.5. The van der Waals surface area contributed by atoms with Crippen LogP contribution in [0.25, 0.3) is 18.2 Å². The first-order chi connectivity index (χ1) is 23.8. The van der Waals surface area contributed by atoms with Crippen molar-refractivity contribution >= 4 is 41.0 Å². The molecule has 0 spiro atoms. The van der Waals surface area contributed by atoms with Gasteiger partial charge in [0.05, 0.1) is 0 Å². The highest BCUT2D eigenvalue weighted by Crippen LogP contribution is 2.35. The van der Waals surface area contributed by atoms with E-state index in [1.165, 1.54) is 56.4 Å². The fraction of sp³-hybridized carbons (Fsp3) is 0.0870. The molecule has 0 amide bonds. The standard InChI is InChI=1S/C46H40N2/c1-5-13-41(14-6-1)47(42-15-7-2-8-16-42)45-33-29-39(30-34-45)27-25-37-21-23-38(24-22-37)26-28-40-31-35-46(36-32-40)48(43-17-9-3-10-18-43)44-19-11-4-12-20-44/h1-11,13-19,21-29,31-33,35-36H,12,20,30,34H2/b27-25+,28-26+. The number of para-hydroxylation sites is 3. The van der Waals surface area contributed by atoms with Gasteiger partial charge in [0, 0.05) is 34.1 Å². The van der Waals surface area contributed by atoms with Gasteiger partial charge in [-0.3, -0.25) is 0 Å². The van der Waals surface area contributed by atoms with Crippen LogP contribution in [0, 0.1) is 0 Å². The van der Waals surface area contributed by atoms with Crippen molar-refractivity contribution in [3.63, 3.8) is 0 Å². The van der Waals surface area contributed by atoms with Crippen LogP contribution in [0.3, 0.4) is 0 Å². The highest BCUT2D eigenvalue weighted by molar-refractivity contribution is 5.74. The van der Waals surface area contributed by atoms with Gasteiger partial charge >= 0.3 is 0 Å². The third-order valence-electron chi connectivity index (χ3n) is 8.81. The van der Waals surface area contributed by atoms with Crippen LogP contribution < -0.4 is 9.80 Å². The summed E-state index contributed by atoms with van der Waals surface area (Å²) in [6.45, 7) is 0.